The first-order valence-electron chi connectivity index (χ1n) is 6.00. The number of carbonyl (C=O) groups excluding carboxylic acids is 1. The van der Waals surface area contributed by atoms with Gasteiger partial charge in [0.1, 0.15) is 0 Å². The molecule has 0 bridgehead atoms. The Morgan fingerprint density at radius 1 is 1.26 bits per heavy atom. The molecule has 0 amide bonds. The molecule has 1 fully saturated rings. The second kappa shape index (κ2) is 7.27. The van der Waals surface area contributed by atoms with Crippen LogP contribution in [0.2, 0.25) is 0 Å². The molecule has 5 heteroatoms. The first kappa shape index (κ1) is 14.8. The van der Waals surface area contributed by atoms with E-state index in [0.29, 0.717) is 10.1 Å². The molecule has 0 saturated carbocycles. The zero-order valence-electron chi connectivity index (χ0n) is 10.6. The van der Waals surface area contributed by atoms with Gasteiger partial charge in [0.2, 0.25) is 0 Å². The van der Waals surface area contributed by atoms with E-state index in [1.165, 1.54) is 25.0 Å². The summed E-state index contributed by atoms with van der Waals surface area (Å²) in [7, 11) is 1.38. The molecule has 19 heavy (non-hydrogen) atoms. The number of ether oxygens (including phenoxy) is 1. The van der Waals surface area contributed by atoms with Gasteiger partial charge in [-0.2, -0.15) is 0 Å². The van der Waals surface area contributed by atoms with Crippen molar-refractivity contribution in [2.24, 2.45) is 0 Å². The maximum absolute atomic E-state index is 11.3. The Balaban J connectivity index is 2.08. The maximum atomic E-state index is 11.3. The van der Waals surface area contributed by atoms with Crippen LogP contribution in [-0.4, -0.2) is 29.2 Å². The average Bonchev–Trinajstić information content (AvgIpc) is 2.47. The number of carbonyl (C=O) groups is 1. The summed E-state index contributed by atoms with van der Waals surface area (Å²) in [4.78, 5) is 11.3. The molecule has 1 aliphatic rings. The van der Waals surface area contributed by atoms with Gasteiger partial charge in [0.25, 0.3) is 0 Å². The maximum Gasteiger partial charge on any atom is 0.337 e. The summed E-state index contributed by atoms with van der Waals surface area (Å²) in [5.41, 5.74) is 1.47. The second-order valence-corrected chi connectivity index (χ2v) is 7.25. The summed E-state index contributed by atoms with van der Waals surface area (Å²) >= 11 is 10.2. The van der Waals surface area contributed by atoms with E-state index in [4.69, 9.17) is 11.6 Å². The summed E-state index contributed by atoms with van der Waals surface area (Å²) in [6.07, 6.45) is 3.36. The third-order valence-corrected chi connectivity index (χ3v) is 5.86. The Hall–Kier alpha value is -0.580. The molecule has 1 aromatic carbocycles. The normalized spacial score (nSPS) is 17.3. The van der Waals surface area contributed by atoms with Gasteiger partial charge in [-0.1, -0.05) is 23.7 Å². The van der Waals surface area contributed by atoms with Gasteiger partial charge in [-0.15, -0.1) is 23.5 Å². The Kier molecular flexibility index (Phi) is 5.67. The lowest BCUT2D eigenvalue weighted by atomic mass is 10.1. The predicted octanol–water partition coefficient (Wildman–Crippen LogP) is 4.25. The minimum Gasteiger partial charge on any atom is -0.465 e. The van der Waals surface area contributed by atoms with Gasteiger partial charge < -0.3 is 4.74 Å². The van der Waals surface area contributed by atoms with Gasteiger partial charge in [-0.3, -0.25) is 0 Å². The van der Waals surface area contributed by atoms with Crippen LogP contribution in [0.4, 0.5) is 0 Å². The molecule has 1 saturated heterocycles. The molecular formula is C14H15ClO2S2. The highest BCUT2D eigenvalue weighted by molar-refractivity contribution is 8.17. The molecule has 0 atom stereocenters. The molecule has 1 aromatic rings. The van der Waals surface area contributed by atoms with E-state index in [1.807, 2.05) is 35.7 Å². The molecule has 0 aliphatic carbocycles. The Morgan fingerprint density at radius 2 is 1.84 bits per heavy atom. The zero-order chi connectivity index (χ0) is 13.7. The van der Waals surface area contributed by atoms with Crippen molar-refractivity contribution in [2.75, 3.05) is 18.6 Å². The fourth-order valence-corrected chi connectivity index (χ4v) is 4.80. The standard InChI is InChI=1S/C14H15ClO2S2/c1-17-14(16)11-5-3-10(4-6-11)12(15)9-13-18-7-2-8-19-13/h3-6,9,13H,2,7-8H2,1H3/b12-9-. The third kappa shape index (κ3) is 4.20. The lowest BCUT2D eigenvalue weighted by molar-refractivity contribution is 0.0601. The predicted molar refractivity (Wildman–Crippen MR) is 84.9 cm³/mol. The Labute approximate surface area is 126 Å². The van der Waals surface area contributed by atoms with E-state index in [2.05, 4.69) is 10.8 Å². The number of methoxy groups -OCH3 is 1. The molecule has 1 aliphatic heterocycles. The molecule has 1 heterocycles. The summed E-state index contributed by atoms with van der Waals surface area (Å²) in [5.74, 6) is 2.06. The number of benzene rings is 1. The smallest absolute Gasteiger partial charge is 0.337 e. The topological polar surface area (TPSA) is 26.3 Å². The van der Waals surface area contributed by atoms with Crippen LogP contribution in [0.3, 0.4) is 0 Å². The number of hydrogen-bond acceptors (Lipinski definition) is 4. The van der Waals surface area contributed by atoms with E-state index in [1.54, 1.807) is 12.1 Å². The van der Waals surface area contributed by atoms with Gasteiger partial charge >= 0.3 is 5.97 Å². The molecule has 0 spiro atoms. The Bertz CT molecular complexity index is 465. The average molecular weight is 315 g/mol. The van der Waals surface area contributed by atoms with Crippen molar-refractivity contribution in [3.63, 3.8) is 0 Å². The van der Waals surface area contributed by atoms with Gasteiger partial charge in [-0.25, -0.2) is 4.79 Å². The van der Waals surface area contributed by atoms with E-state index in [0.717, 1.165) is 10.6 Å². The SMILES string of the molecule is COC(=O)c1ccc(/C(Cl)=C/C2SCCCS2)cc1. The number of halogens is 1. The van der Waals surface area contributed by atoms with Crippen molar-refractivity contribution in [3.05, 3.63) is 41.5 Å². The molecule has 0 unspecified atom stereocenters. The highest BCUT2D eigenvalue weighted by Crippen LogP contribution is 2.34. The Morgan fingerprint density at radius 3 is 2.42 bits per heavy atom. The lowest BCUT2D eigenvalue weighted by Crippen LogP contribution is -2.04. The molecule has 2 rings (SSSR count). The summed E-state index contributed by atoms with van der Waals surface area (Å²) < 4.78 is 5.10. The van der Waals surface area contributed by atoms with Gasteiger partial charge in [-0.05, 0) is 41.7 Å². The molecule has 2 nitrogen and oxygen atoms in total. The first-order valence-corrected chi connectivity index (χ1v) is 8.47. The largest absolute Gasteiger partial charge is 0.465 e. The fourth-order valence-electron chi connectivity index (χ4n) is 1.70. The summed E-state index contributed by atoms with van der Waals surface area (Å²) in [6, 6.07) is 7.17. The van der Waals surface area contributed by atoms with Crippen molar-refractivity contribution in [2.45, 2.75) is 11.0 Å². The van der Waals surface area contributed by atoms with Crippen LogP contribution in [0, 0.1) is 0 Å². The number of esters is 1. The van der Waals surface area contributed by atoms with Crippen LogP contribution in [0.15, 0.2) is 30.3 Å². The highest BCUT2D eigenvalue weighted by Gasteiger charge is 2.13. The van der Waals surface area contributed by atoms with Crippen LogP contribution in [0.25, 0.3) is 5.03 Å². The lowest BCUT2D eigenvalue weighted by Gasteiger charge is -2.17. The molecule has 0 aromatic heterocycles. The molecule has 0 radical (unpaired) electrons. The van der Waals surface area contributed by atoms with Crippen molar-refractivity contribution in [1.82, 2.24) is 0 Å². The van der Waals surface area contributed by atoms with Crippen LogP contribution in [-0.2, 0) is 4.74 Å². The molecule has 102 valence electrons. The fraction of sp³-hybridized carbons (Fsp3) is 0.357. The van der Waals surface area contributed by atoms with Crippen molar-refractivity contribution < 1.29 is 9.53 Å². The quantitative estimate of drug-likeness (QED) is 0.779. The summed E-state index contributed by atoms with van der Waals surface area (Å²) in [6.45, 7) is 0. The van der Waals surface area contributed by atoms with E-state index in [9.17, 15) is 4.79 Å². The van der Waals surface area contributed by atoms with Crippen LogP contribution < -0.4 is 0 Å². The van der Waals surface area contributed by atoms with Crippen molar-refractivity contribution in [1.29, 1.82) is 0 Å². The number of rotatable bonds is 3. The van der Waals surface area contributed by atoms with E-state index < -0.39 is 0 Å². The van der Waals surface area contributed by atoms with Gasteiger partial charge in [0, 0.05) is 5.03 Å². The highest BCUT2D eigenvalue weighted by atomic mass is 35.5. The van der Waals surface area contributed by atoms with Crippen LogP contribution in [0.5, 0.6) is 0 Å². The van der Waals surface area contributed by atoms with Crippen LogP contribution >= 0.6 is 35.1 Å². The second-order valence-electron chi connectivity index (χ2n) is 4.05. The number of thioether (sulfide) groups is 2. The first-order chi connectivity index (χ1) is 9.20. The van der Waals surface area contributed by atoms with Gasteiger partial charge in [0.15, 0.2) is 0 Å². The van der Waals surface area contributed by atoms with Crippen molar-refractivity contribution in [3.8, 4) is 0 Å². The zero-order valence-corrected chi connectivity index (χ0v) is 13.0. The summed E-state index contributed by atoms with van der Waals surface area (Å²) in [5, 5.41) is 0.739. The number of hydrogen-bond donors (Lipinski definition) is 0. The van der Waals surface area contributed by atoms with Gasteiger partial charge in [0.05, 0.1) is 17.3 Å². The third-order valence-electron chi connectivity index (χ3n) is 2.72. The molecular weight excluding hydrogens is 300 g/mol. The minimum absolute atomic E-state index is 0.329. The monoisotopic (exact) mass is 314 g/mol. The minimum atomic E-state index is -0.329. The van der Waals surface area contributed by atoms with Crippen molar-refractivity contribution >= 4 is 46.1 Å². The molecule has 0 N–H and O–H groups in total. The van der Waals surface area contributed by atoms with E-state index >= 15 is 0 Å². The van der Waals surface area contributed by atoms with Crippen LogP contribution in [0.1, 0.15) is 22.3 Å². The van der Waals surface area contributed by atoms with E-state index in [-0.39, 0.29) is 5.97 Å².